The average molecular weight is 473 g/mol. The van der Waals surface area contributed by atoms with E-state index >= 15 is 0 Å². The van der Waals surface area contributed by atoms with Gasteiger partial charge in [-0.2, -0.15) is 4.98 Å². The molecule has 0 bridgehead atoms. The van der Waals surface area contributed by atoms with Crippen LogP contribution in [0.4, 0.5) is 5.69 Å². The molecular formula is C26H28N6O3. The molecule has 1 saturated heterocycles. The number of aromatic nitrogens is 4. The van der Waals surface area contributed by atoms with Crippen LogP contribution in [0.15, 0.2) is 70.0 Å². The van der Waals surface area contributed by atoms with E-state index in [0.29, 0.717) is 36.2 Å². The highest BCUT2D eigenvalue weighted by Crippen LogP contribution is 2.22. The molecule has 2 aromatic heterocycles. The summed E-state index contributed by atoms with van der Waals surface area (Å²) in [5.74, 6) is 0.705. The second kappa shape index (κ2) is 9.71. The van der Waals surface area contributed by atoms with Crippen molar-refractivity contribution < 1.29 is 9.32 Å². The van der Waals surface area contributed by atoms with E-state index < -0.39 is 0 Å². The first kappa shape index (κ1) is 22.8. The second-order valence-electron chi connectivity index (χ2n) is 8.88. The van der Waals surface area contributed by atoms with Crippen LogP contribution < -0.4 is 10.9 Å². The Morgan fingerprint density at radius 3 is 2.57 bits per heavy atom. The zero-order chi connectivity index (χ0) is 24.4. The fourth-order valence-electron chi connectivity index (χ4n) is 4.57. The number of hydrogen-bond donors (Lipinski definition) is 1. The summed E-state index contributed by atoms with van der Waals surface area (Å²) in [7, 11) is 1.82. The largest absolute Gasteiger partial charge is 0.338 e. The van der Waals surface area contributed by atoms with Crippen LogP contribution in [0.1, 0.15) is 24.4 Å². The van der Waals surface area contributed by atoms with Gasteiger partial charge in [0, 0.05) is 19.2 Å². The summed E-state index contributed by atoms with van der Waals surface area (Å²) >= 11 is 0. The topological polar surface area (TPSA) is 98.2 Å². The highest BCUT2D eigenvalue weighted by Gasteiger charge is 2.29. The van der Waals surface area contributed by atoms with Gasteiger partial charge < -0.3 is 9.84 Å². The van der Waals surface area contributed by atoms with Crippen molar-refractivity contribution >= 4 is 11.6 Å². The summed E-state index contributed by atoms with van der Waals surface area (Å²) in [6.45, 7) is 3.73. The Balaban J connectivity index is 1.27. The van der Waals surface area contributed by atoms with Crippen molar-refractivity contribution in [1.29, 1.82) is 0 Å². The fraction of sp³-hybridized carbons (Fsp3) is 0.308. The van der Waals surface area contributed by atoms with Crippen LogP contribution in [-0.4, -0.2) is 43.4 Å². The maximum Gasteiger partial charge on any atom is 0.295 e. The molecule has 0 aliphatic carbocycles. The van der Waals surface area contributed by atoms with E-state index in [0.717, 1.165) is 30.6 Å². The Hall–Kier alpha value is -3.98. The molecule has 1 atom stereocenters. The van der Waals surface area contributed by atoms with Gasteiger partial charge in [-0.15, -0.1) is 0 Å². The third-order valence-corrected chi connectivity index (χ3v) is 6.54. The molecule has 1 aliphatic heterocycles. The van der Waals surface area contributed by atoms with E-state index in [1.165, 1.54) is 0 Å². The average Bonchev–Trinajstić information content (AvgIpc) is 3.43. The van der Waals surface area contributed by atoms with Gasteiger partial charge >= 0.3 is 0 Å². The first-order valence-corrected chi connectivity index (χ1v) is 11.8. The Bertz CT molecular complexity index is 1370. The third kappa shape index (κ3) is 4.67. The Kier molecular flexibility index (Phi) is 6.33. The van der Waals surface area contributed by atoms with Crippen molar-refractivity contribution in [2.45, 2.75) is 26.3 Å². The van der Waals surface area contributed by atoms with Gasteiger partial charge in [0.2, 0.25) is 17.6 Å². The molecule has 9 heteroatoms. The first-order valence-electron chi connectivity index (χ1n) is 11.8. The lowest BCUT2D eigenvalue weighted by atomic mass is 9.97. The molecule has 4 aromatic rings. The zero-order valence-electron chi connectivity index (χ0n) is 19.8. The highest BCUT2D eigenvalue weighted by atomic mass is 16.5. The van der Waals surface area contributed by atoms with E-state index in [4.69, 9.17) is 4.52 Å². The number of carbonyl (C=O) groups is 1. The Labute approximate surface area is 203 Å². The molecule has 35 heavy (non-hydrogen) atoms. The van der Waals surface area contributed by atoms with E-state index in [9.17, 15) is 9.59 Å². The number of hydrogen-bond acceptors (Lipinski definition) is 6. The maximum atomic E-state index is 13.2. The number of rotatable bonds is 6. The number of anilines is 1. The molecule has 2 aromatic carbocycles. The lowest BCUT2D eigenvalue weighted by Gasteiger charge is -2.30. The Morgan fingerprint density at radius 2 is 1.83 bits per heavy atom. The molecule has 3 heterocycles. The van der Waals surface area contributed by atoms with Gasteiger partial charge in [0.1, 0.15) is 5.69 Å². The molecule has 5 rings (SSSR count). The Morgan fingerprint density at radius 1 is 1.11 bits per heavy atom. The molecule has 1 N–H and O–H groups in total. The van der Waals surface area contributed by atoms with E-state index in [1.807, 2.05) is 74.6 Å². The minimum atomic E-state index is -0.239. The number of para-hydroxylation sites is 1. The van der Waals surface area contributed by atoms with Crippen molar-refractivity contribution in [3.05, 3.63) is 82.6 Å². The van der Waals surface area contributed by atoms with E-state index in [-0.39, 0.29) is 17.4 Å². The summed E-state index contributed by atoms with van der Waals surface area (Å²) in [6, 6.07) is 19.1. The van der Waals surface area contributed by atoms with Crippen molar-refractivity contribution in [3.8, 4) is 17.1 Å². The number of amides is 1. The molecule has 180 valence electrons. The van der Waals surface area contributed by atoms with Crippen LogP contribution in [0.25, 0.3) is 17.1 Å². The minimum Gasteiger partial charge on any atom is -0.338 e. The number of likely N-dealkylation sites (tertiary alicyclic amines) is 1. The number of benzene rings is 2. The normalized spacial score (nSPS) is 16.3. The highest BCUT2D eigenvalue weighted by molar-refractivity contribution is 5.93. The lowest BCUT2D eigenvalue weighted by molar-refractivity contribution is -0.121. The van der Waals surface area contributed by atoms with Gasteiger partial charge in [-0.05, 0) is 38.4 Å². The predicted molar refractivity (Wildman–Crippen MR) is 132 cm³/mol. The van der Waals surface area contributed by atoms with Crippen LogP contribution in [0.5, 0.6) is 0 Å². The number of piperidine rings is 1. The number of nitrogens with zero attached hydrogens (tertiary/aromatic N) is 5. The molecule has 1 unspecified atom stereocenters. The summed E-state index contributed by atoms with van der Waals surface area (Å²) in [5, 5.41) is 7.00. The van der Waals surface area contributed by atoms with Crippen LogP contribution in [0, 0.1) is 12.8 Å². The minimum absolute atomic E-state index is 0.142. The predicted octanol–water partition coefficient (Wildman–Crippen LogP) is 3.39. The quantitative estimate of drug-likeness (QED) is 0.462. The summed E-state index contributed by atoms with van der Waals surface area (Å²) in [5.41, 5.74) is 2.44. The first-order chi connectivity index (χ1) is 17.0. The van der Waals surface area contributed by atoms with Crippen LogP contribution in [0.2, 0.25) is 0 Å². The standard InChI is InChI=1S/C26H28N6O3/c1-18-23(26(34)32(30(18)2)21-13-7-4-8-14-21)28-25(33)20-12-9-15-31(16-20)17-22-27-24(29-35-22)19-10-5-3-6-11-19/h3-8,10-11,13-14,20H,9,12,15-17H2,1-2H3,(H,28,33). The van der Waals surface area contributed by atoms with Gasteiger partial charge in [-0.1, -0.05) is 53.7 Å². The smallest absolute Gasteiger partial charge is 0.295 e. The summed E-state index contributed by atoms with van der Waals surface area (Å²) < 4.78 is 8.78. The lowest BCUT2D eigenvalue weighted by Crippen LogP contribution is -2.40. The molecule has 0 spiro atoms. The van der Waals surface area contributed by atoms with Gasteiger partial charge in [-0.25, -0.2) is 4.68 Å². The maximum absolute atomic E-state index is 13.2. The monoisotopic (exact) mass is 472 g/mol. The SMILES string of the molecule is Cc1c(NC(=O)C2CCCN(Cc3nc(-c4ccccc4)no3)C2)c(=O)n(-c2ccccc2)n1C. The van der Waals surface area contributed by atoms with Crippen LogP contribution >= 0.6 is 0 Å². The summed E-state index contributed by atoms with van der Waals surface area (Å²) in [4.78, 5) is 33.0. The van der Waals surface area contributed by atoms with Crippen LogP contribution in [0.3, 0.4) is 0 Å². The second-order valence-corrected chi connectivity index (χ2v) is 8.88. The molecular weight excluding hydrogens is 444 g/mol. The van der Waals surface area contributed by atoms with E-state index in [1.54, 1.807) is 9.36 Å². The van der Waals surface area contributed by atoms with Gasteiger partial charge in [0.05, 0.1) is 23.8 Å². The fourth-order valence-corrected chi connectivity index (χ4v) is 4.57. The molecule has 1 fully saturated rings. The molecule has 1 amide bonds. The van der Waals surface area contributed by atoms with E-state index in [2.05, 4.69) is 20.4 Å². The molecule has 0 saturated carbocycles. The van der Waals surface area contributed by atoms with Gasteiger partial charge in [0.25, 0.3) is 5.56 Å². The van der Waals surface area contributed by atoms with Crippen molar-refractivity contribution in [2.75, 3.05) is 18.4 Å². The van der Waals surface area contributed by atoms with Crippen molar-refractivity contribution in [2.24, 2.45) is 13.0 Å². The van der Waals surface area contributed by atoms with Gasteiger partial charge in [0.15, 0.2) is 0 Å². The number of carbonyl (C=O) groups excluding carboxylic acids is 1. The van der Waals surface area contributed by atoms with Gasteiger partial charge in [-0.3, -0.25) is 19.2 Å². The van der Waals surface area contributed by atoms with Crippen LogP contribution in [-0.2, 0) is 18.4 Å². The molecule has 1 aliphatic rings. The van der Waals surface area contributed by atoms with Crippen molar-refractivity contribution in [3.63, 3.8) is 0 Å². The third-order valence-electron chi connectivity index (χ3n) is 6.54. The zero-order valence-corrected chi connectivity index (χ0v) is 19.8. The molecule has 0 radical (unpaired) electrons. The van der Waals surface area contributed by atoms with Crippen molar-refractivity contribution in [1.82, 2.24) is 24.4 Å². The number of nitrogens with one attached hydrogen (secondary N) is 1. The molecule has 9 nitrogen and oxygen atoms in total. The summed E-state index contributed by atoms with van der Waals surface area (Å²) in [6.07, 6.45) is 1.64.